The van der Waals surface area contributed by atoms with Crippen LogP contribution in [0.25, 0.3) is 0 Å². The number of hydrogen-bond donors (Lipinski definition) is 2. The Bertz CT molecular complexity index is 555. The van der Waals surface area contributed by atoms with Crippen LogP contribution in [0.15, 0.2) is 24.1 Å². The van der Waals surface area contributed by atoms with Crippen LogP contribution in [0.4, 0.5) is 5.82 Å². The van der Waals surface area contributed by atoms with Crippen molar-refractivity contribution < 1.29 is 14.7 Å². The number of carbonyl (C=O) groups is 2. The molecule has 0 atom stereocenters. The summed E-state index contributed by atoms with van der Waals surface area (Å²) in [5.74, 6) is -1.80. The third-order valence-corrected chi connectivity index (χ3v) is 2.56. The Balaban J connectivity index is 2.25. The number of aromatic nitrogens is 3. The molecular formula is C9H6N4O3S. The zero-order chi connectivity index (χ0) is 12.3. The summed E-state index contributed by atoms with van der Waals surface area (Å²) in [4.78, 5) is 34.0. The van der Waals surface area contributed by atoms with E-state index >= 15 is 0 Å². The van der Waals surface area contributed by atoms with Gasteiger partial charge in [0.25, 0.3) is 5.91 Å². The van der Waals surface area contributed by atoms with Gasteiger partial charge in [0.05, 0.1) is 11.7 Å². The Morgan fingerprint density at radius 1 is 1.29 bits per heavy atom. The van der Waals surface area contributed by atoms with Crippen molar-refractivity contribution in [1.82, 2.24) is 15.0 Å². The van der Waals surface area contributed by atoms with E-state index in [0.717, 1.165) is 11.3 Å². The smallest absolute Gasteiger partial charge is 0.358 e. The van der Waals surface area contributed by atoms with Gasteiger partial charge in [0.15, 0.2) is 11.5 Å². The van der Waals surface area contributed by atoms with Crippen LogP contribution in [-0.2, 0) is 0 Å². The number of aromatic carboxylic acids is 1. The zero-order valence-corrected chi connectivity index (χ0v) is 9.14. The van der Waals surface area contributed by atoms with Crippen LogP contribution in [0.1, 0.15) is 20.2 Å². The fourth-order valence-electron chi connectivity index (χ4n) is 1.08. The average molecular weight is 250 g/mol. The molecule has 0 aliphatic carbocycles. The molecule has 1 amide bonds. The van der Waals surface area contributed by atoms with E-state index in [1.807, 2.05) is 0 Å². The molecule has 2 N–H and O–H groups in total. The summed E-state index contributed by atoms with van der Waals surface area (Å²) in [6.07, 6.45) is 3.93. The third kappa shape index (κ3) is 2.42. The Kier molecular flexibility index (Phi) is 3.06. The lowest BCUT2D eigenvalue weighted by atomic mass is 10.4. The van der Waals surface area contributed by atoms with Crippen LogP contribution in [-0.4, -0.2) is 31.9 Å². The van der Waals surface area contributed by atoms with E-state index in [9.17, 15) is 9.59 Å². The number of nitrogens with one attached hydrogen (secondary N) is 1. The van der Waals surface area contributed by atoms with Crippen molar-refractivity contribution in [1.29, 1.82) is 0 Å². The number of amides is 1. The number of anilines is 1. The highest BCUT2D eigenvalue weighted by atomic mass is 32.1. The molecule has 2 aromatic heterocycles. The molecule has 0 spiro atoms. The Morgan fingerprint density at radius 3 is 2.71 bits per heavy atom. The maximum atomic E-state index is 11.6. The topological polar surface area (TPSA) is 105 Å². The quantitative estimate of drug-likeness (QED) is 0.837. The molecule has 0 saturated heterocycles. The second-order valence-corrected chi connectivity index (χ2v) is 3.76. The van der Waals surface area contributed by atoms with Crippen LogP contribution in [0.3, 0.4) is 0 Å². The van der Waals surface area contributed by atoms with Gasteiger partial charge in [-0.25, -0.2) is 14.8 Å². The molecule has 7 nitrogen and oxygen atoms in total. The van der Waals surface area contributed by atoms with E-state index in [2.05, 4.69) is 20.3 Å². The van der Waals surface area contributed by atoms with E-state index in [1.54, 1.807) is 0 Å². The summed E-state index contributed by atoms with van der Waals surface area (Å²) >= 11 is 1.15. The number of rotatable bonds is 3. The SMILES string of the molecule is O=C(Nc1nccnc1C(=O)O)c1cncs1. The van der Waals surface area contributed by atoms with Crippen molar-refractivity contribution in [3.05, 3.63) is 34.7 Å². The molecule has 2 heterocycles. The second-order valence-electron chi connectivity index (χ2n) is 2.88. The summed E-state index contributed by atoms with van der Waals surface area (Å²) in [6, 6.07) is 0. The Hall–Kier alpha value is -2.35. The standard InChI is InChI=1S/C9H6N4O3S/c14-8(5-3-10-4-17-5)13-7-6(9(15)16)11-1-2-12-7/h1-4H,(H,15,16)(H,12,13,14). The molecule has 0 saturated carbocycles. The molecule has 0 aliphatic heterocycles. The van der Waals surface area contributed by atoms with Gasteiger partial charge in [-0.1, -0.05) is 0 Å². The van der Waals surface area contributed by atoms with E-state index in [-0.39, 0.29) is 11.5 Å². The predicted molar refractivity (Wildman–Crippen MR) is 59.1 cm³/mol. The van der Waals surface area contributed by atoms with Crippen LogP contribution in [0.2, 0.25) is 0 Å². The van der Waals surface area contributed by atoms with E-state index < -0.39 is 11.9 Å². The van der Waals surface area contributed by atoms with Gasteiger partial charge in [-0.2, -0.15) is 0 Å². The molecular weight excluding hydrogens is 244 g/mol. The first-order chi connectivity index (χ1) is 8.18. The van der Waals surface area contributed by atoms with Gasteiger partial charge >= 0.3 is 5.97 Å². The number of nitrogens with zero attached hydrogens (tertiary/aromatic N) is 3. The van der Waals surface area contributed by atoms with Gasteiger partial charge in [-0.3, -0.25) is 9.78 Å². The molecule has 86 valence electrons. The van der Waals surface area contributed by atoms with Crippen molar-refractivity contribution in [3.63, 3.8) is 0 Å². The molecule has 0 bridgehead atoms. The molecule has 8 heteroatoms. The van der Waals surface area contributed by atoms with E-state index in [4.69, 9.17) is 5.11 Å². The minimum absolute atomic E-state index is 0.0848. The lowest BCUT2D eigenvalue weighted by Gasteiger charge is -2.04. The molecule has 0 fully saturated rings. The van der Waals surface area contributed by atoms with Crippen LogP contribution < -0.4 is 5.32 Å². The predicted octanol–water partition coefficient (Wildman–Crippen LogP) is 0.884. The van der Waals surface area contributed by atoms with Crippen molar-refractivity contribution in [2.24, 2.45) is 0 Å². The average Bonchev–Trinajstić information content (AvgIpc) is 2.83. The van der Waals surface area contributed by atoms with Gasteiger partial charge < -0.3 is 10.4 Å². The third-order valence-electron chi connectivity index (χ3n) is 1.79. The summed E-state index contributed by atoms with van der Waals surface area (Å²) in [5, 5.41) is 11.2. The molecule has 0 aliphatic rings. The molecule has 17 heavy (non-hydrogen) atoms. The summed E-state index contributed by atoms with van der Waals surface area (Å²) in [5.41, 5.74) is 1.20. The molecule has 2 rings (SSSR count). The largest absolute Gasteiger partial charge is 0.476 e. The lowest BCUT2D eigenvalue weighted by molar-refractivity contribution is 0.0691. The van der Waals surface area contributed by atoms with Crippen molar-refractivity contribution in [3.8, 4) is 0 Å². The highest BCUT2D eigenvalue weighted by Crippen LogP contribution is 2.12. The molecule has 2 aromatic rings. The molecule has 0 aromatic carbocycles. The highest BCUT2D eigenvalue weighted by Gasteiger charge is 2.16. The first-order valence-electron chi connectivity index (χ1n) is 4.42. The minimum Gasteiger partial charge on any atom is -0.476 e. The first kappa shape index (κ1) is 11.1. The second kappa shape index (κ2) is 4.66. The highest BCUT2D eigenvalue weighted by molar-refractivity contribution is 7.11. The van der Waals surface area contributed by atoms with Gasteiger partial charge in [0.2, 0.25) is 0 Å². The lowest BCUT2D eigenvalue weighted by Crippen LogP contribution is -2.16. The Morgan fingerprint density at radius 2 is 2.06 bits per heavy atom. The van der Waals surface area contributed by atoms with E-state index in [1.165, 1.54) is 24.1 Å². The summed E-state index contributed by atoms with van der Waals surface area (Å²) in [6.45, 7) is 0. The number of carboxylic acids is 1. The van der Waals surface area contributed by atoms with Gasteiger partial charge in [-0.05, 0) is 0 Å². The van der Waals surface area contributed by atoms with Crippen LogP contribution >= 0.6 is 11.3 Å². The number of thiazole rings is 1. The van der Waals surface area contributed by atoms with Gasteiger partial charge in [-0.15, -0.1) is 11.3 Å². The first-order valence-corrected chi connectivity index (χ1v) is 5.30. The van der Waals surface area contributed by atoms with Crippen LogP contribution in [0.5, 0.6) is 0 Å². The van der Waals surface area contributed by atoms with Crippen LogP contribution in [0, 0.1) is 0 Å². The van der Waals surface area contributed by atoms with Gasteiger partial charge in [0.1, 0.15) is 4.88 Å². The number of hydrogen-bond acceptors (Lipinski definition) is 6. The molecule has 0 radical (unpaired) electrons. The maximum Gasteiger partial charge on any atom is 0.358 e. The minimum atomic E-state index is -1.25. The van der Waals surface area contributed by atoms with Gasteiger partial charge in [0, 0.05) is 12.4 Å². The fraction of sp³-hybridized carbons (Fsp3) is 0. The van der Waals surface area contributed by atoms with Crippen molar-refractivity contribution >= 4 is 29.0 Å². The summed E-state index contributed by atoms with van der Waals surface area (Å²) < 4.78 is 0. The normalized spacial score (nSPS) is 9.88. The monoisotopic (exact) mass is 250 g/mol. The fourth-order valence-corrected chi connectivity index (χ4v) is 1.60. The number of carboxylic acid groups (broad SMARTS) is 1. The van der Waals surface area contributed by atoms with Crippen molar-refractivity contribution in [2.75, 3.05) is 5.32 Å². The maximum absolute atomic E-state index is 11.6. The van der Waals surface area contributed by atoms with Crippen molar-refractivity contribution in [2.45, 2.75) is 0 Å². The number of carbonyl (C=O) groups excluding carboxylic acids is 1. The zero-order valence-electron chi connectivity index (χ0n) is 8.32. The Labute approximate surface area is 99.2 Å². The van der Waals surface area contributed by atoms with E-state index in [0.29, 0.717) is 4.88 Å². The summed E-state index contributed by atoms with van der Waals surface area (Å²) in [7, 11) is 0. The molecule has 0 unspecified atom stereocenters.